The number of thioether (sulfide) groups is 2. The molecule has 0 aromatic rings. The van der Waals surface area contributed by atoms with Crippen LogP contribution < -0.4 is 5.32 Å². The van der Waals surface area contributed by atoms with Crippen LogP contribution in [0.5, 0.6) is 0 Å². The third-order valence-corrected chi connectivity index (χ3v) is 4.75. The summed E-state index contributed by atoms with van der Waals surface area (Å²) < 4.78 is 35.7. The standard InChI is InChI=1S/C10H11F3N2O2S2/c11-10(12,13)5-18-4-6(16)14-7-8(17)15-2-1-3-19-9(7)15/h1-2,7,9H,3-5H2,(H,14,16)/t7?,9-/m1/s1. The molecule has 1 saturated heterocycles. The number of amides is 2. The highest BCUT2D eigenvalue weighted by Gasteiger charge is 2.48. The molecule has 19 heavy (non-hydrogen) atoms. The second-order valence-corrected chi connectivity index (χ2v) is 6.14. The maximum Gasteiger partial charge on any atom is 0.397 e. The monoisotopic (exact) mass is 312 g/mol. The lowest BCUT2D eigenvalue weighted by molar-refractivity contribution is -0.144. The lowest BCUT2D eigenvalue weighted by Crippen LogP contribution is -2.68. The molecule has 1 unspecified atom stereocenters. The molecule has 0 radical (unpaired) electrons. The Morgan fingerprint density at radius 1 is 1.58 bits per heavy atom. The van der Waals surface area contributed by atoms with E-state index >= 15 is 0 Å². The molecule has 2 amide bonds. The number of hydrogen-bond donors (Lipinski definition) is 1. The number of β-lactam (4-membered cyclic amide) rings is 1. The zero-order valence-corrected chi connectivity index (χ0v) is 11.3. The van der Waals surface area contributed by atoms with Gasteiger partial charge in [0.2, 0.25) is 5.91 Å². The van der Waals surface area contributed by atoms with E-state index in [1.54, 1.807) is 6.20 Å². The minimum absolute atomic E-state index is 0.130. The summed E-state index contributed by atoms with van der Waals surface area (Å²) in [7, 11) is 0. The number of carbonyl (C=O) groups excluding carboxylic acids is 2. The van der Waals surface area contributed by atoms with Gasteiger partial charge < -0.3 is 10.2 Å². The van der Waals surface area contributed by atoms with Crippen molar-refractivity contribution in [3.05, 3.63) is 12.3 Å². The highest BCUT2D eigenvalue weighted by molar-refractivity contribution is 8.00. The third-order valence-electron chi connectivity index (χ3n) is 2.52. The molecular weight excluding hydrogens is 301 g/mol. The largest absolute Gasteiger partial charge is 0.397 e. The summed E-state index contributed by atoms with van der Waals surface area (Å²) in [5, 5.41) is 2.35. The number of nitrogens with zero attached hydrogens (tertiary/aromatic N) is 1. The molecule has 0 aromatic carbocycles. The van der Waals surface area contributed by atoms with E-state index in [0.29, 0.717) is 11.8 Å². The van der Waals surface area contributed by atoms with Gasteiger partial charge in [-0.15, -0.1) is 23.5 Å². The molecule has 4 nitrogen and oxygen atoms in total. The summed E-state index contributed by atoms with van der Waals surface area (Å²) in [6, 6.07) is -0.617. The van der Waals surface area contributed by atoms with Crippen LogP contribution in [0.4, 0.5) is 13.2 Å². The van der Waals surface area contributed by atoms with Crippen LogP contribution in [0, 0.1) is 0 Å². The zero-order chi connectivity index (χ0) is 14.0. The minimum atomic E-state index is -4.28. The smallest absolute Gasteiger partial charge is 0.341 e. The van der Waals surface area contributed by atoms with Gasteiger partial charge in [-0.05, 0) is 0 Å². The van der Waals surface area contributed by atoms with Gasteiger partial charge in [0.15, 0.2) is 0 Å². The molecule has 2 aliphatic rings. The maximum atomic E-state index is 11.9. The van der Waals surface area contributed by atoms with E-state index in [2.05, 4.69) is 5.32 Å². The fourth-order valence-electron chi connectivity index (χ4n) is 1.74. The molecule has 2 heterocycles. The molecule has 0 aliphatic carbocycles. The number of nitrogens with one attached hydrogen (secondary N) is 1. The van der Waals surface area contributed by atoms with Crippen molar-refractivity contribution in [2.45, 2.75) is 17.6 Å². The first-order valence-corrected chi connectivity index (χ1v) is 7.63. The van der Waals surface area contributed by atoms with Gasteiger partial charge in [-0.2, -0.15) is 13.2 Å². The summed E-state index contributed by atoms with van der Waals surface area (Å²) in [5.74, 6) is -1.36. The van der Waals surface area contributed by atoms with Gasteiger partial charge in [0.1, 0.15) is 11.4 Å². The second-order valence-electron chi connectivity index (χ2n) is 4.01. The Bertz CT molecular complexity index is 414. The topological polar surface area (TPSA) is 49.4 Å². The van der Waals surface area contributed by atoms with E-state index in [-0.39, 0.29) is 17.0 Å². The molecule has 1 fully saturated rings. The molecule has 2 rings (SSSR count). The Morgan fingerprint density at radius 3 is 3.00 bits per heavy atom. The van der Waals surface area contributed by atoms with Crippen LogP contribution in [0.25, 0.3) is 0 Å². The van der Waals surface area contributed by atoms with Crippen LogP contribution in [0.3, 0.4) is 0 Å². The van der Waals surface area contributed by atoms with Gasteiger partial charge in [-0.3, -0.25) is 9.59 Å². The molecule has 2 atom stereocenters. The summed E-state index contributed by atoms with van der Waals surface area (Å²) in [5.41, 5.74) is 0. The van der Waals surface area contributed by atoms with E-state index in [9.17, 15) is 22.8 Å². The lowest BCUT2D eigenvalue weighted by Gasteiger charge is -2.46. The Balaban J connectivity index is 1.74. The summed E-state index contributed by atoms with van der Waals surface area (Å²) in [6.07, 6.45) is -0.765. The van der Waals surface area contributed by atoms with Gasteiger partial charge in [0.25, 0.3) is 5.91 Å². The van der Waals surface area contributed by atoms with Crippen LogP contribution >= 0.6 is 23.5 Å². The fraction of sp³-hybridized carbons (Fsp3) is 0.600. The molecule has 0 bridgehead atoms. The van der Waals surface area contributed by atoms with Crippen LogP contribution in [0.2, 0.25) is 0 Å². The quantitative estimate of drug-likeness (QED) is 0.793. The van der Waals surface area contributed by atoms with Crippen molar-refractivity contribution >= 4 is 35.3 Å². The number of fused-ring (bicyclic) bond motifs is 1. The molecule has 2 aliphatic heterocycles. The highest BCUT2D eigenvalue weighted by Crippen LogP contribution is 2.33. The summed E-state index contributed by atoms with van der Waals surface area (Å²) in [4.78, 5) is 24.6. The normalized spacial score (nSPS) is 25.8. The van der Waals surface area contributed by atoms with Crippen molar-refractivity contribution < 1.29 is 22.8 Å². The van der Waals surface area contributed by atoms with Crippen LogP contribution in [0.1, 0.15) is 0 Å². The first-order chi connectivity index (χ1) is 8.88. The fourth-order valence-corrected chi connectivity index (χ4v) is 3.45. The second kappa shape index (κ2) is 5.66. The van der Waals surface area contributed by atoms with E-state index in [0.717, 1.165) is 5.75 Å². The molecule has 106 valence electrons. The van der Waals surface area contributed by atoms with E-state index in [1.165, 1.54) is 16.7 Å². The Labute approximate surface area is 116 Å². The Morgan fingerprint density at radius 2 is 2.32 bits per heavy atom. The Kier molecular flexibility index (Phi) is 4.34. The summed E-state index contributed by atoms with van der Waals surface area (Å²) >= 11 is 2.00. The van der Waals surface area contributed by atoms with E-state index in [4.69, 9.17) is 0 Å². The maximum absolute atomic E-state index is 11.9. The average molecular weight is 312 g/mol. The summed E-state index contributed by atoms with van der Waals surface area (Å²) in [6.45, 7) is 0. The average Bonchev–Trinajstić information content (AvgIpc) is 2.34. The number of alkyl halides is 3. The highest BCUT2D eigenvalue weighted by atomic mass is 32.2. The van der Waals surface area contributed by atoms with Crippen molar-refractivity contribution in [3.8, 4) is 0 Å². The van der Waals surface area contributed by atoms with Crippen molar-refractivity contribution in [2.24, 2.45) is 0 Å². The minimum Gasteiger partial charge on any atom is -0.341 e. The van der Waals surface area contributed by atoms with E-state index in [1.807, 2.05) is 6.08 Å². The van der Waals surface area contributed by atoms with Gasteiger partial charge >= 0.3 is 6.18 Å². The molecular formula is C10H11F3N2O2S2. The molecule has 0 spiro atoms. The number of halogens is 3. The van der Waals surface area contributed by atoms with Gasteiger partial charge in [0.05, 0.1) is 11.5 Å². The molecule has 0 aromatic heterocycles. The first-order valence-electron chi connectivity index (χ1n) is 5.43. The zero-order valence-electron chi connectivity index (χ0n) is 9.64. The lowest BCUT2D eigenvalue weighted by atomic mass is 10.1. The molecule has 9 heteroatoms. The van der Waals surface area contributed by atoms with Crippen LogP contribution in [0.15, 0.2) is 12.3 Å². The predicted octanol–water partition coefficient (Wildman–Crippen LogP) is 1.20. The Hall–Kier alpha value is -0.830. The van der Waals surface area contributed by atoms with E-state index < -0.39 is 23.9 Å². The SMILES string of the molecule is O=C(CSCC(F)(F)F)NC1C(=O)N2C=CCS[C@H]12. The van der Waals surface area contributed by atoms with Gasteiger partial charge in [0, 0.05) is 12.0 Å². The van der Waals surface area contributed by atoms with Crippen LogP contribution in [-0.4, -0.2) is 51.6 Å². The number of carbonyl (C=O) groups is 2. The number of rotatable bonds is 4. The first kappa shape index (κ1) is 14.6. The third kappa shape index (κ3) is 3.59. The van der Waals surface area contributed by atoms with Crippen molar-refractivity contribution in [2.75, 3.05) is 17.3 Å². The van der Waals surface area contributed by atoms with Crippen molar-refractivity contribution in [3.63, 3.8) is 0 Å². The van der Waals surface area contributed by atoms with Gasteiger partial charge in [-0.25, -0.2) is 0 Å². The van der Waals surface area contributed by atoms with Crippen molar-refractivity contribution in [1.82, 2.24) is 10.2 Å². The predicted molar refractivity (Wildman–Crippen MR) is 67.5 cm³/mol. The van der Waals surface area contributed by atoms with Gasteiger partial charge in [-0.1, -0.05) is 6.08 Å². The molecule has 1 N–H and O–H groups in total. The van der Waals surface area contributed by atoms with Crippen molar-refractivity contribution in [1.29, 1.82) is 0 Å². The molecule has 0 saturated carbocycles. The number of hydrogen-bond acceptors (Lipinski definition) is 4. The van der Waals surface area contributed by atoms with Crippen LogP contribution in [-0.2, 0) is 9.59 Å².